The minimum absolute atomic E-state index is 0.0610. The number of hydrogen-bond donors (Lipinski definition) is 2. The highest BCUT2D eigenvalue weighted by Crippen LogP contribution is 2.05. The van der Waals surface area contributed by atoms with E-state index in [2.05, 4.69) is 15.5 Å². The Morgan fingerprint density at radius 3 is 2.73 bits per heavy atom. The summed E-state index contributed by atoms with van der Waals surface area (Å²) in [4.78, 5) is 14.2. The summed E-state index contributed by atoms with van der Waals surface area (Å²) in [5.74, 6) is -0.362. The van der Waals surface area contributed by atoms with E-state index >= 15 is 0 Å². The number of carbonyl (C=O) groups is 1. The van der Waals surface area contributed by atoms with E-state index in [4.69, 9.17) is 10.00 Å². The van der Waals surface area contributed by atoms with Gasteiger partial charge in [0, 0.05) is 38.1 Å². The molecule has 6 nitrogen and oxygen atoms in total. The van der Waals surface area contributed by atoms with Crippen molar-refractivity contribution >= 4 is 11.6 Å². The quantitative estimate of drug-likeness (QED) is 0.604. The molecule has 0 aromatic heterocycles. The number of hydrogen-bond acceptors (Lipinski definition) is 5. The van der Waals surface area contributed by atoms with E-state index in [1.807, 2.05) is 36.4 Å². The van der Waals surface area contributed by atoms with Gasteiger partial charge in [-0.05, 0) is 12.1 Å². The summed E-state index contributed by atoms with van der Waals surface area (Å²) in [6, 6.07) is 11.3. The van der Waals surface area contributed by atoms with Gasteiger partial charge in [-0.3, -0.25) is 9.69 Å². The van der Waals surface area contributed by atoms with Gasteiger partial charge in [0.25, 0.3) is 5.91 Å². The SMILES string of the molecule is N#C/C(=C/Nc1ccccc1)C(=O)NCCN1CCOCC1. The zero-order valence-corrected chi connectivity index (χ0v) is 12.4. The van der Waals surface area contributed by atoms with Gasteiger partial charge in [-0.2, -0.15) is 5.26 Å². The molecule has 1 aliphatic rings. The average Bonchev–Trinajstić information content (AvgIpc) is 2.57. The fourth-order valence-electron chi connectivity index (χ4n) is 2.09. The number of anilines is 1. The molecule has 1 amide bonds. The maximum Gasteiger partial charge on any atom is 0.263 e. The molecule has 1 aromatic rings. The number of carbonyl (C=O) groups excluding carboxylic acids is 1. The number of para-hydroxylation sites is 1. The summed E-state index contributed by atoms with van der Waals surface area (Å²) >= 11 is 0. The second-order valence-electron chi connectivity index (χ2n) is 4.89. The van der Waals surface area contributed by atoms with E-state index in [0.29, 0.717) is 6.54 Å². The second kappa shape index (κ2) is 8.82. The number of nitriles is 1. The van der Waals surface area contributed by atoms with Crippen LogP contribution in [0.4, 0.5) is 5.69 Å². The molecule has 0 spiro atoms. The van der Waals surface area contributed by atoms with Crippen molar-refractivity contribution in [2.75, 3.05) is 44.7 Å². The fraction of sp³-hybridized carbons (Fsp3) is 0.375. The molecule has 2 rings (SSSR count). The predicted molar refractivity (Wildman–Crippen MR) is 84.0 cm³/mol. The Hall–Kier alpha value is -2.36. The summed E-state index contributed by atoms with van der Waals surface area (Å²) in [7, 11) is 0. The lowest BCUT2D eigenvalue weighted by Gasteiger charge is -2.26. The molecule has 1 heterocycles. The van der Waals surface area contributed by atoms with Gasteiger partial charge in [-0.1, -0.05) is 18.2 Å². The molecule has 1 aliphatic heterocycles. The number of rotatable bonds is 6. The van der Waals surface area contributed by atoms with Crippen LogP contribution in [0.25, 0.3) is 0 Å². The monoisotopic (exact) mass is 300 g/mol. The van der Waals surface area contributed by atoms with Gasteiger partial charge < -0.3 is 15.4 Å². The first-order valence-electron chi connectivity index (χ1n) is 7.30. The van der Waals surface area contributed by atoms with Gasteiger partial charge in [0.2, 0.25) is 0 Å². The highest BCUT2D eigenvalue weighted by molar-refractivity contribution is 5.97. The lowest BCUT2D eigenvalue weighted by molar-refractivity contribution is -0.117. The van der Waals surface area contributed by atoms with Gasteiger partial charge >= 0.3 is 0 Å². The third kappa shape index (κ3) is 5.20. The molecule has 22 heavy (non-hydrogen) atoms. The fourth-order valence-corrected chi connectivity index (χ4v) is 2.09. The van der Waals surface area contributed by atoms with Crippen LogP contribution in [-0.2, 0) is 9.53 Å². The summed E-state index contributed by atoms with van der Waals surface area (Å²) in [6.07, 6.45) is 1.43. The van der Waals surface area contributed by atoms with Crippen LogP contribution in [0.3, 0.4) is 0 Å². The smallest absolute Gasteiger partial charge is 0.263 e. The van der Waals surface area contributed by atoms with Gasteiger partial charge in [0.15, 0.2) is 0 Å². The highest BCUT2D eigenvalue weighted by atomic mass is 16.5. The molecule has 2 N–H and O–H groups in total. The van der Waals surface area contributed by atoms with Crippen LogP contribution in [0.5, 0.6) is 0 Å². The molecular weight excluding hydrogens is 280 g/mol. The Morgan fingerprint density at radius 2 is 2.05 bits per heavy atom. The normalized spacial score (nSPS) is 15.9. The van der Waals surface area contributed by atoms with Crippen molar-refractivity contribution in [3.63, 3.8) is 0 Å². The van der Waals surface area contributed by atoms with Crippen molar-refractivity contribution in [1.82, 2.24) is 10.2 Å². The zero-order valence-electron chi connectivity index (χ0n) is 12.4. The van der Waals surface area contributed by atoms with E-state index in [1.165, 1.54) is 6.20 Å². The molecule has 0 radical (unpaired) electrons. The number of amides is 1. The average molecular weight is 300 g/mol. The van der Waals surface area contributed by atoms with Gasteiger partial charge in [0.1, 0.15) is 11.6 Å². The Balaban J connectivity index is 1.77. The lowest BCUT2D eigenvalue weighted by Crippen LogP contribution is -2.41. The van der Waals surface area contributed by atoms with E-state index in [-0.39, 0.29) is 11.5 Å². The van der Waals surface area contributed by atoms with E-state index in [9.17, 15) is 4.79 Å². The van der Waals surface area contributed by atoms with E-state index in [1.54, 1.807) is 0 Å². The van der Waals surface area contributed by atoms with Crippen LogP contribution < -0.4 is 10.6 Å². The number of benzene rings is 1. The van der Waals surface area contributed by atoms with Gasteiger partial charge in [-0.15, -0.1) is 0 Å². The van der Waals surface area contributed by atoms with Crippen LogP contribution in [0.15, 0.2) is 42.1 Å². The minimum Gasteiger partial charge on any atom is -0.379 e. The third-order valence-corrected chi connectivity index (χ3v) is 3.34. The Labute approximate surface area is 130 Å². The summed E-state index contributed by atoms with van der Waals surface area (Å²) in [5, 5.41) is 14.8. The molecule has 0 aliphatic carbocycles. The molecule has 0 unspecified atom stereocenters. The van der Waals surface area contributed by atoms with E-state index < -0.39 is 0 Å². The molecular formula is C16H20N4O2. The summed E-state index contributed by atoms with van der Waals surface area (Å²) in [5.41, 5.74) is 0.891. The largest absolute Gasteiger partial charge is 0.379 e. The molecule has 6 heteroatoms. The third-order valence-electron chi connectivity index (χ3n) is 3.34. The maximum absolute atomic E-state index is 12.0. The Bertz CT molecular complexity index is 545. The number of nitrogens with zero attached hydrogens (tertiary/aromatic N) is 2. The Morgan fingerprint density at radius 1 is 1.32 bits per heavy atom. The molecule has 0 saturated carbocycles. The van der Waals surface area contributed by atoms with Gasteiger partial charge in [0.05, 0.1) is 13.2 Å². The molecule has 0 atom stereocenters. The van der Waals surface area contributed by atoms with Crippen molar-refractivity contribution in [1.29, 1.82) is 5.26 Å². The van der Waals surface area contributed by atoms with Crippen molar-refractivity contribution in [2.45, 2.75) is 0 Å². The van der Waals surface area contributed by atoms with E-state index in [0.717, 1.165) is 38.5 Å². The van der Waals surface area contributed by atoms with Crippen LogP contribution >= 0.6 is 0 Å². The minimum atomic E-state index is -0.362. The van der Waals surface area contributed by atoms with Crippen LogP contribution in [0.1, 0.15) is 0 Å². The van der Waals surface area contributed by atoms with Gasteiger partial charge in [-0.25, -0.2) is 0 Å². The highest BCUT2D eigenvalue weighted by Gasteiger charge is 2.12. The van der Waals surface area contributed by atoms with Crippen LogP contribution in [-0.4, -0.2) is 50.2 Å². The van der Waals surface area contributed by atoms with Crippen molar-refractivity contribution in [3.05, 3.63) is 42.1 Å². The molecule has 116 valence electrons. The summed E-state index contributed by atoms with van der Waals surface area (Å²) < 4.78 is 5.27. The molecule has 0 bridgehead atoms. The second-order valence-corrected chi connectivity index (χ2v) is 4.89. The van der Waals surface area contributed by atoms with Crippen molar-refractivity contribution in [3.8, 4) is 6.07 Å². The summed E-state index contributed by atoms with van der Waals surface area (Å²) in [6.45, 7) is 4.51. The zero-order chi connectivity index (χ0) is 15.6. The topological polar surface area (TPSA) is 77.4 Å². The molecule has 1 aromatic carbocycles. The molecule has 1 fully saturated rings. The lowest BCUT2D eigenvalue weighted by atomic mass is 10.2. The number of morpholine rings is 1. The number of ether oxygens (including phenoxy) is 1. The van der Waals surface area contributed by atoms with Crippen LogP contribution in [0.2, 0.25) is 0 Å². The maximum atomic E-state index is 12.0. The Kier molecular flexibility index (Phi) is 6.42. The van der Waals surface area contributed by atoms with Crippen molar-refractivity contribution < 1.29 is 9.53 Å². The molecule has 1 saturated heterocycles. The first kappa shape index (κ1) is 16.0. The van der Waals surface area contributed by atoms with Crippen LogP contribution in [0, 0.1) is 11.3 Å². The van der Waals surface area contributed by atoms with Crippen molar-refractivity contribution in [2.24, 2.45) is 0 Å². The predicted octanol–water partition coefficient (Wildman–Crippen LogP) is 0.954. The number of nitrogens with one attached hydrogen (secondary N) is 2. The first-order valence-corrected chi connectivity index (χ1v) is 7.30. The standard InChI is InChI=1S/C16H20N4O2/c17-12-14(13-19-15-4-2-1-3-5-15)16(21)18-6-7-20-8-10-22-11-9-20/h1-5,13,19H,6-11H2,(H,18,21)/b14-13-. The first-order chi connectivity index (χ1) is 10.8.